The molecule has 1 heterocycles. The Hall–Kier alpha value is -1.13. The van der Waals surface area contributed by atoms with Crippen LogP contribution < -0.4 is 10.1 Å². The van der Waals surface area contributed by atoms with Crippen LogP contribution in [0.25, 0.3) is 0 Å². The fourth-order valence-corrected chi connectivity index (χ4v) is 2.37. The largest absolute Gasteiger partial charge is 0.487 e. The van der Waals surface area contributed by atoms with Crippen molar-refractivity contribution in [1.82, 2.24) is 5.32 Å². The van der Waals surface area contributed by atoms with Gasteiger partial charge in [0.15, 0.2) is 11.6 Å². The van der Waals surface area contributed by atoms with Crippen LogP contribution in [0.3, 0.4) is 0 Å². The molecule has 0 bridgehead atoms. The van der Waals surface area contributed by atoms with Gasteiger partial charge in [-0.05, 0) is 38.3 Å². The van der Waals surface area contributed by atoms with Gasteiger partial charge in [0.2, 0.25) is 0 Å². The van der Waals surface area contributed by atoms with E-state index in [1.54, 1.807) is 6.07 Å². The van der Waals surface area contributed by atoms with Gasteiger partial charge in [0.05, 0.1) is 6.10 Å². The minimum Gasteiger partial charge on any atom is -0.487 e. The Morgan fingerprint density at radius 3 is 3.05 bits per heavy atom. The van der Waals surface area contributed by atoms with E-state index in [-0.39, 0.29) is 11.9 Å². The quantitative estimate of drug-likeness (QED) is 0.778. The number of benzene rings is 1. The lowest BCUT2D eigenvalue weighted by atomic mass is 10.1. The fourth-order valence-electron chi connectivity index (χ4n) is 2.37. The van der Waals surface area contributed by atoms with Crippen molar-refractivity contribution in [2.24, 2.45) is 0 Å². The van der Waals surface area contributed by atoms with Crippen LogP contribution in [0.2, 0.25) is 0 Å². The van der Waals surface area contributed by atoms with E-state index in [1.165, 1.54) is 6.07 Å². The van der Waals surface area contributed by atoms with Gasteiger partial charge in [-0.25, -0.2) is 4.39 Å². The molecule has 1 saturated heterocycles. The molecule has 4 heteroatoms. The van der Waals surface area contributed by atoms with Crippen LogP contribution in [0.5, 0.6) is 5.75 Å². The van der Waals surface area contributed by atoms with Crippen LogP contribution in [-0.4, -0.2) is 25.9 Å². The van der Waals surface area contributed by atoms with Crippen LogP contribution >= 0.6 is 0 Å². The molecule has 1 aromatic carbocycles. The van der Waals surface area contributed by atoms with Crippen molar-refractivity contribution in [3.05, 3.63) is 29.6 Å². The molecule has 1 fully saturated rings. The van der Waals surface area contributed by atoms with Gasteiger partial charge in [-0.2, -0.15) is 0 Å². The van der Waals surface area contributed by atoms with Gasteiger partial charge < -0.3 is 14.8 Å². The Morgan fingerprint density at radius 1 is 1.40 bits per heavy atom. The van der Waals surface area contributed by atoms with Crippen LogP contribution in [-0.2, 0) is 11.3 Å². The smallest absolute Gasteiger partial charge is 0.165 e. The molecule has 1 N–H and O–H groups in total. The number of nitrogens with one attached hydrogen (secondary N) is 1. The summed E-state index contributed by atoms with van der Waals surface area (Å²) in [6, 6.07) is 5.07. The zero-order chi connectivity index (χ0) is 14.2. The number of halogens is 1. The molecule has 112 valence electrons. The van der Waals surface area contributed by atoms with Gasteiger partial charge >= 0.3 is 0 Å². The molecule has 1 aliphatic rings. The lowest BCUT2D eigenvalue weighted by Gasteiger charge is -2.23. The molecule has 0 aliphatic carbocycles. The lowest BCUT2D eigenvalue weighted by molar-refractivity contribution is -0.0119. The van der Waals surface area contributed by atoms with Crippen LogP contribution in [0.4, 0.5) is 4.39 Å². The van der Waals surface area contributed by atoms with Gasteiger partial charge in [0.25, 0.3) is 0 Å². The Bertz CT molecular complexity index is 405. The maximum absolute atomic E-state index is 13.9. The minimum atomic E-state index is -0.295. The summed E-state index contributed by atoms with van der Waals surface area (Å²) in [5.41, 5.74) is 0.870. The maximum atomic E-state index is 13.9. The molecular weight excluding hydrogens is 257 g/mol. The zero-order valence-corrected chi connectivity index (χ0v) is 12.2. The Morgan fingerprint density at radius 2 is 2.30 bits per heavy atom. The summed E-state index contributed by atoms with van der Waals surface area (Å²) in [7, 11) is 0. The van der Waals surface area contributed by atoms with Gasteiger partial charge in [-0.3, -0.25) is 0 Å². The third-order valence-electron chi connectivity index (χ3n) is 3.48. The molecule has 1 unspecified atom stereocenters. The highest BCUT2D eigenvalue weighted by Gasteiger charge is 2.17. The average molecular weight is 281 g/mol. The normalized spacial score (nSPS) is 19.0. The van der Waals surface area contributed by atoms with E-state index >= 15 is 0 Å². The van der Waals surface area contributed by atoms with E-state index in [0.29, 0.717) is 18.9 Å². The minimum absolute atomic E-state index is 0.0970. The SMILES string of the molecule is CCCNCc1cccc(F)c1OCC1CCCCO1. The van der Waals surface area contributed by atoms with Crippen molar-refractivity contribution in [3.63, 3.8) is 0 Å². The molecular formula is C16H24FNO2. The Balaban J connectivity index is 1.93. The molecule has 3 nitrogen and oxygen atoms in total. The number of hydrogen-bond donors (Lipinski definition) is 1. The maximum Gasteiger partial charge on any atom is 0.165 e. The Kier molecular flexibility index (Phi) is 6.27. The highest BCUT2D eigenvalue weighted by molar-refractivity contribution is 5.35. The average Bonchev–Trinajstić information content (AvgIpc) is 2.48. The molecule has 0 aromatic heterocycles. The second kappa shape index (κ2) is 8.22. The van der Waals surface area contributed by atoms with Crippen molar-refractivity contribution in [2.45, 2.75) is 45.3 Å². The summed E-state index contributed by atoms with van der Waals surface area (Å²) < 4.78 is 25.2. The molecule has 2 rings (SSSR count). The molecule has 1 aromatic rings. The molecule has 0 saturated carbocycles. The first-order chi connectivity index (χ1) is 9.81. The molecule has 20 heavy (non-hydrogen) atoms. The van der Waals surface area contributed by atoms with E-state index < -0.39 is 0 Å². The summed E-state index contributed by atoms with van der Waals surface area (Å²) in [5, 5.41) is 3.28. The van der Waals surface area contributed by atoms with Gasteiger partial charge in [-0.15, -0.1) is 0 Å². The summed E-state index contributed by atoms with van der Waals surface area (Å²) >= 11 is 0. The predicted octanol–water partition coefficient (Wildman–Crippen LogP) is 3.27. The number of hydrogen-bond acceptors (Lipinski definition) is 3. The Labute approximate surface area is 120 Å². The zero-order valence-electron chi connectivity index (χ0n) is 12.2. The van der Waals surface area contributed by atoms with Crippen molar-refractivity contribution >= 4 is 0 Å². The third kappa shape index (κ3) is 4.46. The monoisotopic (exact) mass is 281 g/mol. The highest BCUT2D eigenvalue weighted by Crippen LogP contribution is 2.24. The van der Waals surface area contributed by atoms with Crippen LogP contribution in [0, 0.1) is 5.82 Å². The van der Waals surface area contributed by atoms with Crippen molar-refractivity contribution < 1.29 is 13.9 Å². The molecule has 1 aliphatic heterocycles. The summed E-state index contributed by atoms with van der Waals surface area (Å²) in [6.45, 7) is 4.88. The molecule has 0 spiro atoms. The van der Waals surface area contributed by atoms with Gasteiger partial charge in [-0.1, -0.05) is 19.1 Å². The molecule has 0 amide bonds. The summed E-state index contributed by atoms with van der Waals surface area (Å²) in [4.78, 5) is 0. The van der Waals surface area contributed by atoms with Crippen LogP contribution in [0.1, 0.15) is 38.2 Å². The topological polar surface area (TPSA) is 30.5 Å². The first-order valence-corrected chi connectivity index (χ1v) is 7.53. The molecule has 1 atom stereocenters. The van der Waals surface area contributed by atoms with E-state index in [4.69, 9.17) is 9.47 Å². The van der Waals surface area contributed by atoms with Crippen LogP contribution in [0.15, 0.2) is 18.2 Å². The van der Waals surface area contributed by atoms with Crippen molar-refractivity contribution in [3.8, 4) is 5.75 Å². The first-order valence-electron chi connectivity index (χ1n) is 7.53. The second-order valence-electron chi connectivity index (χ2n) is 5.20. The number of para-hydroxylation sites is 1. The van der Waals surface area contributed by atoms with Gasteiger partial charge in [0.1, 0.15) is 6.61 Å². The van der Waals surface area contributed by atoms with Crippen molar-refractivity contribution in [2.75, 3.05) is 19.8 Å². The van der Waals surface area contributed by atoms with E-state index in [0.717, 1.165) is 44.4 Å². The summed E-state index contributed by atoms with van der Waals surface area (Å²) in [5.74, 6) is 0.0712. The van der Waals surface area contributed by atoms with E-state index in [1.807, 2.05) is 6.07 Å². The highest BCUT2D eigenvalue weighted by atomic mass is 19.1. The number of ether oxygens (including phenoxy) is 2. The fraction of sp³-hybridized carbons (Fsp3) is 0.625. The second-order valence-corrected chi connectivity index (χ2v) is 5.20. The predicted molar refractivity (Wildman–Crippen MR) is 77.5 cm³/mol. The number of rotatable bonds is 7. The first kappa shape index (κ1) is 15.3. The van der Waals surface area contributed by atoms with E-state index in [2.05, 4.69) is 12.2 Å². The lowest BCUT2D eigenvalue weighted by Crippen LogP contribution is -2.26. The standard InChI is InChI=1S/C16H24FNO2/c1-2-9-18-11-13-6-5-8-15(17)16(13)20-12-14-7-3-4-10-19-14/h5-6,8,14,18H,2-4,7,9-12H2,1H3. The van der Waals surface area contributed by atoms with E-state index in [9.17, 15) is 4.39 Å². The summed E-state index contributed by atoms with van der Waals surface area (Å²) in [6.07, 6.45) is 4.43. The van der Waals surface area contributed by atoms with Gasteiger partial charge in [0, 0.05) is 18.7 Å². The third-order valence-corrected chi connectivity index (χ3v) is 3.48. The molecule has 0 radical (unpaired) electrons. The van der Waals surface area contributed by atoms with Crippen molar-refractivity contribution in [1.29, 1.82) is 0 Å².